The third kappa shape index (κ3) is 4.33. The number of hydrogen-bond donors (Lipinski definition) is 1. The quantitative estimate of drug-likeness (QED) is 0.902. The molecule has 0 heterocycles. The Labute approximate surface area is 117 Å². The molecule has 0 saturated heterocycles. The molecule has 0 saturated carbocycles. The molecule has 1 N–H and O–H groups in total. The number of halogens is 1. The lowest BCUT2D eigenvalue weighted by Crippen LogP contribution is -2.37. The molecule has 0 spiro atoms. The molecule has 102 valence electrons. The molecule has 0 aromatic heterocycles. The molecule has 0 fully saturated rings. The van der Waals surface area contributed by atoms with Crippen LogP contribution in [0.4, 0.5) is 0 Å². The van der Waals surface area contributed by atoms with Gasteiger partial charge in [0.2, 0.25) is 0 Å². The molecule has 1 aromatic carbocycles. The number of aliphatic carboxylic acids is 1. The monoisotopic (exact) mass is 316 g/mol. The van der Waals surface area contributed by atoms with Gasteiger partial charge < -0.3 is 9.84 Å². The lowest BCUT2D eigenvalue weighted by Gasteiger charge is -2.22. The largest absolute Gasteiger partial charge is 0.478 e. The first-order valence-corrected chi connectivity index (χ1v) is 6.72. The molecule has 0 atom stereocenters. The molecule has 3 nitrogen and oxygen atoms in total. The number of carboxylic acid groups (broad SMARTS) is 1. The van der Waals surface area contributed by atoms with E-state index in [1.165, 1.54) is 13.8 Å². The van der Waals surface area contributed by atoms with E-state index in [0.717, 1.165) is 15.6 Å². The minimum atomic E-state index is -1.22. The van der Waals surface area contributed by atoms with Gasteiger partial charge in [0.1, 0.15) is 5.75 Å². The first kappa shape index (κ1) is 17.0. The zero-order chi connectivity index (χ0) is 14.5. The number of carboxylic acids is 1. The molecular weight excluding hydrogens is 296 g/mol. The second-order valence-electron chi connectivity index (χ2n) is 4.29. The molecule has 4 heteroatoms. The molecule has 0 aliphatic rings. The molecular formula is C14H21BrO3. The summed E-state index contributed by atoms with van der Waals surface area (Å²) < 4.78 is 6.48. The highest BCUT2D eigenvalue weighted by atomic mass is 79.9. The van der Waals surface area contributed by atoms with Crippen molar-refractivity contribution in [2.45, 2.75) is 47.1 Å². The van der Waals surface area contributed by atoms with Gasteiger partial charge in [-0.2, -0.15) is 0 Å². The smallest absolute Gasteiger partial charge is 0.347 e. The summed E-state index contributed by atoms with van der Waals surface area (Å²) in [5, 5.41) is 8.96. The average Bonchev–Trinajstić information content (AvgIpc) is 2.27. The van der Waals surface area contributed by atoms with E-state index in [-0.39, 0.29) is 0 Å². The Morgan fingerprint density at radius 3 is 1.94 bits per heavy atom. The minimum absolute atomic E-state index is 0.575. The summed E-state index contributed by atoms with van der Waals surface area (Å²) in [4.78, 5) is 10.9. The van der Waals surface area contributed by atoms with E-state index in [9.17, 15) is 4.79 Å². The van der Waals surface area contributed by atoms with Crippen molar-refractivity contribution in [2.75, 3.05) is 0 Å². The molecule has 0 bridgehead atoms. The minimum Gasteiger partial charge on any atom is -0.478 e. The number of carbonyl (C=O) groups is 1. The molecule has 1 aromatic rings. The highest BCUT2D eigenvalue weighted by molar-refractivity contribution is 9.10. The molecule has 1 rings (SSSR count). The Bertz CT molecular complexity index is 402. The number of rotatable bonds is 3. The molecule has 0 unspecified atom stereocenters. The Morgan fingerprint density at radius 2 is 1.61 bits per heavy atom. The standard InChI is InChI=1S/C12H15BrO3.C2H6/c1-7-5-9(6-8(2)10(7)13)16-12(3,4)11(14)15;1-2/h5-6H,1-4H3,(H,14,15);1-2H3. The third-order valence-corrected chi connectivity index (χ3v) is 3.55. The summed E-state index contributed by atoms with van der Waals surface area (Å²) >= 11 is 3.45. The lowest BCUT2D eigenvalue weighted by atomic mass is 10.1. The predicted molar refractivity (Wildman–Crippen MR) is 77.3 cm³/mol. The van der Waals surface area contributed by atoms with E-state index >= 15 is 0 Å². The van der Waals surface area contributed by atoms with Crippen LogP contribution in [0.5, 0.6) is 5.75 Å². The van der Waals surface area contributed by atoms with Crippen LogP contribution in [0.25, 0.3) is 0 Å². The zero-order valence-electron chi connectivity index (χ0n) is 11.8. The van der Waals surface area contributed by atoms with Crippen LogP contribution < -0.4 is 4.74 Å². The van der Waals surface area contributed by atoms with E-state index in [1.54, 1.807) is 0 Å². The normalized spacial score (nSPS) is 10.4. The highest BCUT2D eigenvalue weighted by Crippen LogP contribution is 2.28. The van der Waals surface area contributed by atoms with Crippen LogP contribution in [0.3, 0.4) is 0 Å². The third-order valence-electron chi connectivity index (χ3n) is 2.30. The van der Waals surface area contributed by atoms with Crippen LogP contribution in [-0.2, 0) is 4.79 Å². The van der Waals surface area contributed by atoms with Gasteiger partial charge in [0, 0.05) is 4.47 Å². The molecule has 0 radical (unpaired) electrons. The fourth-order valence-electron chi connectivity index (χ4n) is 1.30. The van der Waals surface area contributed by atoms with Crippen LogP contribution in [0, 0.1) is 13.8 Å². The molecule has 18 heavy (non-hydrogen) atoms. The topological polar surface area (TPSA) is 46.5 Å². The summed E-state index contributed by atoms with van der Waals surface area (Å²) in [5.74, 6) is -0.406. The van der Waals surface area contributed by atoms with E-state index in [2.05, 4.69) is 15.9 Å². The van der Waals surface area contributed by atoms with Crippen LogP contribution in [0.2, 0.25) is 0 Å². The van der Waals surface area contributed by atoms with Gasteiger partial charge >= 0.3 is 5.97 Å². The van der Waals surface area contributed by atoms with Crippen LogP contribution in [0.1, 0.15) is 38.8 Å². The molecule has 0 amide bonds. The van der Waals surface area contributed by atoms with Gasteiger partial charge in [-0.15, -0.1) is 0 Å². The first-order valence-electron chi connectivity index (χ1n) is 5.93. The predicted octanol–water partition coefficient (Wildman–Crippen LogP) is 4.33. The second kappa shape index (κ2) is 6.78. The molecule has 0 aliphatic heterocycles. The summed E-state index contributed by atoms with van der Waals surface area (Å²) in [6.07, 6.45) is 0. The van der Waals surface area contributed by atoms with Crippen LogP contribution in [-0.4, -0.2) is 16.7 Å². The van der Waals surface area contributed by atoms with E-state index < -0.39 is 11.6 Å². The Hall–Kier alpha value is -1.03. The summed E-state index contributed by atoms with van der Waals surface area (Å²) in [5.41, 5.74) is 0.833. The van der Waals surface area contributed by atoms with Gasteiger partial charge in [-0.05, 0) is 51.0 Å². The average molecular weight is 317 g/mol. The van der Waals surface area contributed by atoms with E-state index in [0.29, 0.717) is 5.75 Å². The fourth-order valence-corrected chi connectivity index (χ4v) is 1.53. The maximum atomic E-state index is 10.9. The number of aryl methyl sites for hydroxylation is 2. The number of hydrogen-bond acceptors (Lipinski definition) is 2. The number of benzene rings is 1. The van der Waals surface area contributed by atoms with E-state index in [4.69, 9.17) is 9.84 Å². The van der Waals surface area contributed by atoms with Crippen molar-refractivity contribution in [3.8, 4) is 5.75 Å². The Morgan fingerprint density at radius 1 is 1.22 bits per heavy atom. The first-order chi connectivity index (χ1) is 8.24. The highest BCUT2D eigenvalue weighted by Gasteiger charge is 2.29. The van der Waals surface area contributed by atoms with Gasteiger partial charge in [0.05, 0.1) is 0 Å². The van der Waals surface area contributed by atoms with Crippen LogP contribution in [0.15, 0.2) is 16.6 Å². The van der Waals surface area contributed by atoms with E-state index in [1.807, 2.05) is 39.8 Å². The van der Waals surface area contributed by atoms with Gasteiger partial charge in [0.25, 0.3) is 0 Å². The van der Waals surface area contributed by atoms with Gasteiger partial charge in [-0.3, -0.25) is 0 Å². The van der Waals surface area contributed by atoms with Crippen molar-refractivity contribution in [3.05, 3.63) is 27.7 Å². The Kier molecular flexibility index (Phi) is 6.39. The van der Waals surface area contributed by atoms with Crippen molar-refractivity contribution in [3.63, 3.8) is 0 Å². The van der Waals surface area contributed by atoms with Gasteiger partial charge in [0.15, 0.2) is 5.60 Å². The SMILES string of the molecule is CC.Cc1cc(OC(C)(C)C(=O)O)cc(C)c1Br. The van der Waals surface area contributed by atoms with Crippen molar-refractivity contribution >= 4 is 21.9 Å². The van der Waals surface area contributed by atoms with Crippen molar-refractivity contribution in [1.29, 1.82) is 0 Å². The van der Waals surface area contributed by atoms with Gasteiger partial charge in [-0.1, -0.05) is 29.8 Å². The zero-order valence-corrected chi connectivity index (χ0v) is 13.4. The fraction of sp³-hybridized carbons (Fsp3) is 0.500. The van der Waals surface area contributed by atoms with Crippen LogP contribution >= 0.6 is 15.9 Å². The summed E-state index contributed by atoms with van der Waals surface area (Å²) in [6.45, 7) is 10.9. The lowest BCUT2D eigenvalue weighted by molar-refractivity contribution is -0.152. The maximum Gasteiger partial charge on any atom is 0.347 e. The van der Waals surface area contributed by atoms with Crippen molar-refractivity contribution in [1.82, 2.24) is 0 Å². The summed E-state index contributed by atoms with van der Waals surface area (Å²) in [7, 11) is 0. The molecule has 0 aliphatic carbocycles. The Balaban J connectivity index is 0.00000137. The van der Waals surface area contributed by atoms with Crippen molar-refractivity contribution in [2.24, 2.45) is 0 Å². The maximum absolute atomic E-state index is 10.9. The summed E-state index contributed by atoms with van der Waals surface area (Å²) in [6, 6.07) is 3.64. The van der Waals surface area contributed by atoms with Crippen molar-refractivity contribution < 1.29 is 14.6 Å². The van der Waals surface area contributed by atoms with Gasteiger partial charge in [-0.25, -0.2) is 4.79 Å². The second-order valence-corrected chi connectivity index (χ2v) is 5.08. The number of ether oxygens (including phenoxy) is 1.